The van der Waals surface area contributed by atoms with Gasteiger partial charge in [0.15, 0.2) is 5.78 Å². The van der Waals surface area contributed by atoms with Gasteiger partial charge in [-0.2, -0.15) is 0 Å². The van der Waals surface area contributed by atoms with E-state index in [-0.39, 0.29) is 22.7 Å². The number of nitrogens with one attached hydrogen (secondary N) is 1. The van der Waals surface area contributed by atoms with E-state index in [1.807, 2.05) is 6.08 Å². The summed E-state index contributed by atoms with van der Waals surface area (Å²) in [6.07, 6.45) is 12.9. The lowest BCUT2D eigenvalue weighted by atomic mass is 9.46. The minimum Gasteiger partial charge on any atom is -0.318 e. The number of carbonyl (C=O) groups excluding carboxylic acids is 2. The molecule has 0 aromatic rings. The van der Waals surface area contributed by atoms with E-state index in [0.717, 1.165) is 56.7 Å². The van der Waals surface area contributed by atoms with Gasteiger partial charge in [0.1, 0.15) is 0 Å². The molecule has 0 spiro atoms. The maximum atomic E-state index is 12.5. The second-order valence-corrected chi connectivity index (χ2v) is 11.8. The molecule has 0 aromatic heterocycles. The Hall–Kier alpha value is -1.49. The second-order valence-electron chi connectivity index (χ2n) is 11.8. The van der Waals surface area contributed by atoms with Gasteiger partial charge in [-0.15, -0.1) is 0 Å². The zero-order valence-electron chi connectivity index (χ0n) is 20.1. The van der Waals surface area contributed by atoms with E-state index in [4.69, 9.17) is 4.84 Å². The van der Waals surface area contributed by atoms with E-state index in [0.29, 0.717) is 30.1 Å². The van der Waals surface area contributed by atoms with Crippen LogP contribution in [0.15, 0.2) is 16.8 Å². The summed E-state index contributed by atoms with van der Waals surface area (Å²) in [6.45, 7) is 8.70. The molecule has 0 amide bonds. The maximum Gasteiger partial charge on any atom is 0.339 e. The topological polar surface area (TPSA) is 67.8 Å². The summed E-state index contributed by atoms with van der Waals surface area (Å²) in [6, 6.07) is 0. The van der Waals surface area contributed by atoms with Crippen molar-refractivity contribution in [2.24, 2.45) is 45.6 Å². The van der Waals surface area contributed by atoms with E-state index in [1.54, 1.807) is 0 Å². The molecule has 3 saturated carbocycles. The largest absolute Gasteiger partial charge is 0.339 e. The number of carbonyl (C=O) groups is 2. The van der Waals surface area contributed by atoms with Gasteiger partial charge >= 0.3 is 5.97 Å². The van der Waals surface area contributed by atoms with Crippen molar-refractivity contribution >= 4 is 17.5 Å². The van der Waals surface area contributed by atoms with Gasteiger partial charge < -0.3 is 10.2 Å². The average molecular weight is 441 g/mol. The smallest absolute Gasteiger partial charge is 0.318 e. The quantitative estimate of drug-likeness (QED) is 0.379. The van der Waals surface area contributed by atoms with Gasteiger partial charge in [-0.05, 0) is 106 Å². The number of rotatable bonds is 3. The van der Waals surface area contributed by atoms with Crippen molar-refractivity contribution in [1.82, 2.24) is 5.32 Å². The van der Waals surface area contributed by atoms with Gasteiger partial charge in [-0.1, -0.05) is 24.6 Å². The maximum absolute atomic E-state index is 12.5. The van der Waals surface area contributed by atoms with Crippen LogP contribution in [0.5, 0.6) is 0 Å². The lowest BCUT2D eigenvalue weighted by Crippen LogP contribution is -2.51. The summed E-state index contributed by atoms with van der Waals surface area (Å²) in [4.78, 5) is 30.0. The molecule has 0 aromatic carbocycles. The zero-order valence-corrected chi connectivity index (χ0v) is 20.1. The Morgan fingerprint density at radius 3 is 2.72 bits per heavy atom. The molecule has 1 N–H and O–H groups in total. The highest BCUT2D eigenvalue weighted by Gasteiger charge is 2.59. The normalized spacial score (nSPS) is 44.2. The summed E-state index contributed by atoms with van der Waals surface area (Å²) in [5, 5.41) is 7.68. The first kappa shape index (κ1) is 22.3. The van der Waals surface area contributed by atoms with Crippen LogP contribution in [-0.4, -0.2) is 30.6 Å². The molecule has 5 heteroatoms. The fourth-order valence-electron chi connectivity index (χ4n) is 8.55. The van der Waals surface area contributed by atoms with Crippen LogP contribution in [0.25, 0.3) is 0 Å². The van der Waals surface area contributed by atoms with Crippen LogP contribution < -0.4 is 5.32 Å². The van der Waals surface area contributed by atoms with Gasteiger partial charge in [0.2, 0.25) is 0 Å². The van der Waals surface area contributed by atoms with Crippen LogP contribution in [0.3, 0.4) is 0 Å². The minimum atomic E-state index is -0.175. The molecule has 5 rings (SSSR count). The molecule has 0 bridgehead atoms. The SMILES string of the molecule is CC(=NOC(=O)[C@H]1CCCNC1)[C@H]1CC[C@H]2[C@@H]3CCC4=CC(=O)CC[C@]4(C)[C@H]3CC[C@]12C. The van der Waals surface area contributed by atoms with Gasteiger partial charge in [0.25, 0.3) is 0 Å². The van der Waals surface area contributed by atoms with Crippen LogP contribution in [-0.2, 0) is 14.4 Å². The highest BCUT2D eigenvalue weighted by molar-refractivity contribution is 5.91. The van der Waals surface area contributed by atoms with Crippen LogP contribution in [0.4, 0.5) is 0 Å². The van der Waals surface area contributed by atoms with Crippen LogP contribution >= 0.6 is 0 Å². The number of fused-ring (bicyclic) bond motifs is 5. The highest BCUT2D eigenvalue weighted by Crippen LogP contribution is 2.66. The van der Waals surface area contributed by atoms with E-state index < -0.39 is 0 Å². The molecule has 5 nitrogen and oxygen atoms in total. The standard InChI is InChI=1S/C27H40N2O3/c1-17(29-32-25(31)18-5-4-14-28-16-18)22-8-9-23-21-7-6-19-15-20(30)10-12-26(19,2)24(21)11-13-27(22,23)3/h15,18,21-24,28H,4-14,16H2,1-3H3/t18-,21-,22+,23-,24-,26-,27+/m0/s1. The number of piperidine rings is 1. The molecule has 176 valence electrons. The molecule has 7 atom stereocenters. The van der Waals surface area contributed by atoms with Crippen molar-refractivity contribution in [3.05, 3.63) is 11.6 Å². The summed E-state index contributed by atoms with van der Waals surface area (Å²) in [7, 11) is 0. The monoisotopic (exact) mass is 440 g/mol. The van der Waals surface area contributed by atoms with E-state index in [2.05, 4.69) is 31.2 Å². The summed E-state index contributed by atoms with van der Waals surface area (Å²) < 4.78 is 0. The first-order valence-corrected chi connectivity index (χ1v) is 13.0. The number of allylic oxidation sites excluding steroid dienone is 1. The third kappa shape index (κ3) is 3.59. The third-order valence-electron chi connectivity index (χ3n) is 10.4. The van der Waals surface area contributed by atoms with Crippen LogP contribution in [0.1, 0.15) is 85.0 Å². The first-order valence-electron chi connectivity index (χ1n) is 13.0. The summed E-state index contributed by atoms with van der Waals surface area (Å²) >= 11 is 0. The van der Waals surface area contributed by atoms with Gasteiger partial charge in [0.05, 0.1) is 11.6 Å². The van der Waals surface area contributed by atoms with Crippen LogP contribution in [0, 0.1) is 40.4 Å². The average Bonchev–Trinajstić information content (AvgIpc) is 3.15. The molecular formula is C27H40N2O3. The number of ketones is 1. The third-order valence-corrected chi connectivity index (χ3v) is 10.4. The van der Waals surface area contributed by atoms with Gasteiger partial charge in [0, 0.05) is 18.9 Å². The summed E-state index contributed by atoms with van der Waals surface area (Å²) in [5.74, 6) is 2.68. The zero-order chi connectivity index (χ0) is 22.5. The number of hydrogen-bond donors (Lipinski definition) is 1. The van der Waals surface area contributed by atoms with E-state index >= 15 is 0 Å². The van der Waals surface area contributed by atoms with Crippen molar-refractivity contribution < 1.29 is 14.4 Å². The first-order chi connectivity index (χ1) is 15.3. The Labute approximate surface area is 192 Å². The Morgan fingerprint density at radius 2 is 1.94 bits per heavy atom. The molecule has 5 aliphatic rings. The lowest BCUT2D eigenvalue weighted by molar-refractivity contribution is -0.149. The highest BCUT2D eigenvalue weighted by atomic mass is 16.7. The molecule has 32 heavy (non-hydrogen) atoms. The molecule has 1 saturated heterocycles. The predicted octanol–water partition coefficient (Wildman–Crippen LogP) is 5.05. The van der Waals surface area contributed by atoms with Gasteiger partial charge in [-0.3, -0.25) is 4.79 Å². The molecule has 4 fully saturated rings. The summed E-state index contributed by atoms with van der Waals surface area (Å²) in [5.41, 5.74) is 2.92. The Morgan fingerprint density at radius 1 is 1.09 bits per heavy atom. The molecule has 4 aliphatic carbocycles. The minimum absolute atomic E-state index is 0.0599. The Kier molecular flexibility index (Phi) is 5.84. The fourth-order valence-corrected chi connectivity index (χ4v) is 8.55. The van der Waals surface area contributed by atoms with Crippen molar-refractivity contribution in [2.75, 3.05) is 13.1 Å². The van der Waals surface area contributed by atoms with Crippen molar-refractivity contribution in [2.45, 2.75) is 85.0 Å². The lowest BCUT2D eigenvalue weighted by Gasteiger charge is -2.58. The molecular weight excluding hydrogens is 400 g/mol. The van der Waals surface area contributed by atoms with E-state index in [9.17, 15) is 9.59 Å². The number of oxime groups is 1. The Balaban J connectivity index is 1.30. The number of nitrogens with zero attached hydrogens (tertiary/aromatic N) is 1. The second kappa shape index (κ2) is 8.38. The molecule has 1 heterocycles. The predicted molar refractivity (Wildman–Crippen MR) is 125 cm³/mol. The molecule has 0 unspecified atom stereocenters. The van der Waals surface area contributed by atoms with Crippen LogP contribution in [0.2, 0.25) is 0 Å². The Bertz CT molecular complexity index is 842. The fraction of sp³-hybridized carbons (Fsp3) is 0.815. The molecule has 1 aliphatic heterocycles. The van der Waals surface area contributed by atoms with Crippen molar-refractivity contribution in [3.63, 3.8) is 0 Å². The van der Waals surface area contributed by atoms with Gasteiger partial charge in [-0.25, -0.2) is 4.79 Å². The van der Waals surface area contributed by atoms with E-state index in [1.165, 1.54) is 31.3 Å². The number of hydrogen-bond acceptors (Lipinski definition) is 5. The van der Waals surface area contributed by atoms with Crippen molar-refractivity contribution in [1.29, 1.82) is 0 Å². The van der Waals surface area contributed by atoms with Crippen molar-refractivity contribution in [3.8, 4) is 0 Å². The molecule has 0 radical (unpaired) electrons.